The Kier molecular flexibility index (Phi) is 5.93. The van der Waals surface area contributed by atoms with Gasteiger partial charge in [-0.3, -0.25) is 9.52 Å². The van der Waals surface area contributed by atoms with Gasteiger partial charge in [0.15, 0.2) is 0 Å². The third-order valence-corrected chi connectivity index (χ3v) is 6.10. The summed E-state index contributed by atoms with van der Waals surface area (Å²) < 4.78 is 25.1. The van der Waals surface area contributed by atoms with Gasteiger partial charge in [0.2, 0.25) is 15.9 Å². The van der Waals surface area contributed by atoms with Crippen LogP contribution in [-0.2, 0) is 14.8 Å². The molecule has 0 bridgehead atoms. The second-order valence-corrected chi connectivity index (χ2v) is 9.58. The Morgan fingerprint density at radius 1 is 1.26 bits per heavy atom. The molecule has 144 valence electrons. The third kappa shape index (κ3) is 4.91. The molecule has 0 saturated carbocycles. The number of hydrogen-bond donors (Lipinski definition) is 1. The second-order valence-electron chi connectivity index (χ2n) is 6.51. The van der Waals surface area contributed by atoms with Gasteiger partial charge in [0.1, 0.15) is 0 Å². The van der Waals surface area contributed by atoms with Crippen LogP contribution in [0.3, 0.4) is 0 Å². The summed E-state index contributed by atoms with van der Waals surface area (Å²) in [6.45, 7) is 2.79. The van der Waals surface area contributed by atoms with Crippen molar-refractivity contribution in [3.8, 4) is 10.4 Å². The van der Waals surface area contributed by atoms with Crippen LogP contribution >= 0.6 is 22.9 Å². The van der Waals surface area contributed by atoms with E-state index in [1.165, 1.54) is 0 Å². The van der Waals surface area contributed by atoms with Gasteiger partial charge in [0.25, 0.3) is 0 Å². The highest BCUT2D eigenvalue weighted by Crippen LogP contribution is 2.37. The fraction of sp³-hybridized carbons (Fsp3) is 0.316. The smallest absolute Gasteiger partial charge is 0.229 e. The molecule has 27 heavy (non-hydrogen) atoms. The van der Waals surface area contributed by atoms with E-state index in [4.69, 9.17) is 11.6 Å². The zero-order valence-corrected chi connectivity index (χ0v) is 17.5. The number of benzene rings is 1. The van der Waals surface area contributed by atoms with Crippen LogP contribution in [0.5, 0.6) is 0 Å². The molecular formula is C19H21ClN2O3S2. The van der Waals surface area contributed by atoms with Crippen LogP contribution in [0, 0.1) is 0 Å². The summed E-state index contributed by atoms with van der Waals surface area (Å²) >= 11 is 7.95. The molecule has 1 N–H and O–H groups in total. The summed E-state index contributed by atoms with van der Waals surface area (Å²) in [5, 5.41) is 2.55. The molecule has 1 aromatic heterocycles. The maximum atomic E-state index is 12.0. The van der Waals surface area contributed by atoms with Gasteiger partial charge in [0, 0.05) is 35.3 Å². The lowest BCUT2D eigenvalue weighted by Gasteiger charge is -2.24. The Balaban J connectivity index is 1.86. The first kappa shape index (κ1) is 19.9. The van der Waals surface area contributed by atoms with E-state index in [0.29, 0.717) is 17.1 Å². The summed E-state index contributed by atoms with van der Waals surface area (Å²) in [4.78, 5) is 14.8. The summed E-state index contributed by atoms with van der Waals surface area (Å²) in [5.74, 6) is 0.174. The number of thiophene rings is 1. The highest BCUT2D eigenvalue weighted by Gasteiger charge is 2.20. The van der Waals surface area contributed by atoms with E-state index in [2.05, 4.69) is 23.1 Å². The molecule has 0 spiro atoms. The number of rotatable bonds is 6. The van der Waals surface area contributed by atoms with E-state index in [0.717, 1.165) is 47.2 Å². The molecule has 0 saturated heterocycles. The molecule has 2 heterocycles. The zero-order valence-electron chi connectivity index (χ0n) is 15.2. The Morgan fingerprint density at radius 2 is 2.04 bits per heavy atom. The predicted octanol–water partition coefficient (Wildman–Crippen LogP) is 4.81. The second kappa shape index (κ2) is 8.04. The van der Waals surface area contributed by atoms with E-state index in [-0.39, 0.29) is 5.91 Å². The summed E-state index contributed by atoms with van der Waals surface area (Å²) in [6.07, 6.45) is 5.25. The van der Waals surface area contributed by atoms with Crippen LogP contribution in [0.2, 0.25) is 5.02 Å². The maximum absolute atomic E-state index is 12.0. The van der Waals surface area contributed by atoms with Crippen LogP contribution in [0.1, 0.15) is 31.7 Å². The predicted molar refractivity (Wildman–Crippen MR) is 112 cm³/mol. The van der Waals surface area contributed by atoms with Gasteiger partial charge < -0.3 is 4.90 Å². The lowest BCUT2D eigenvalue weighted by Crippen LogP contribution is -2.29. The monoisotopic (exact) mass is 424 g/mol. The molecule has 1 aliphatic heterocycles. The molecule has 0 aliphatic carbocycles. The van der Waals surface area contributed by atoms with E-state index in [1.807, 2.05) is 12.3 Å². The van der Waals surface area contributed by atoms with E-state index in [1.54, 1.807) is 28.4 Å². The standard InChI is InChI=1S/C19H21ClN2O3S2/c1-3-8-22-11-13(4-7-19(22)23)14-9-18(26-12-14)16-6-5-15(10-17(16)20)21-27(2,24)25/h5-6,9-12,21H,3-4,7-8H2,1-2H3. The number of nitrogens with one attached hydrogen (secondary N) is 1. The average Bonchev–Trinajstić information content (AvgIpc) is 3.05. The van der Waals surface area contributed by atoms with Crippen molar-refractivity contribution in [3.05, 3.63) is 46.4 Å². The topological polar surface area (TPSA) is 66.5 Å². The van der Waals surface area contributed by atoms with Gasteiger partial charge >= 0.3 is 0 Å². The molecule has 1 aromatic carbocycles. The molecule has 0 atom stereocenters. The molecule has 1 aliphatic rings. The van der Waals surface area contributed by atoms with Crippen LogP contribution in [0.15, 0.2) is 35.8 Å². The number of allylic oxidation sites excluding steroid dienone is 1. The first-order chi connectivity index (χ1) is 12.8. The van der Waals surface area contributed by atoms with Crippen molar-refractivity contribution in [2.45, 2.75) is 26.2 Å². The molecule has 0 unspecified atom stereocenters. The molecular weight excluding hydrogens is 404 g/mol. The van der Waals surface area contributed by atoms with Crippen molar-refractivity contribution >= 4 is 50.1 Å². The van der Waals surface area contributed by atoms with E-state index >= 15 is 0 Å². The summed E-state index contributed by atoms with van der Waals surface area (Å²) in [5.41, 5.74) is 3.53. The number of carbonyl (C=O) groups excluding carboxylic acids is 1. The fourth-order valence-electron chi connectivity index (χ4n) is 3.00. The van der Waals surface area contributed by atoms with Gasteiger partial charge in [-0.1, -0.05) is 18.5 Å². The SMILES string of the molecule is CCCN1C=C(c2csc(-c3ccc(NS(C)(=O)=O)cc3Cl)c2)CCC1=O. The number of halogens is 1. The van der Waals surface area contributed by atoms with Crippen LogP contribution in [0.4, 0.5) is 5.69 Å². The average molecular weight is 425 g/mol. The molecule has 0 fully saturated rings. The van der Waals surface area contributed by atoms with Crippen molar-refractivity contribution in [2.24, 2.45) is 0 Å². The van der Waals surface area contributed by atoms with Gasteiger partial charge in [0.05, 0.1) is 11.3 Å². The number of hydrogen-bond acceptors (Lipinski definition) is 4. The van der Waals surface area contributed by atoms with Crippen molar-refractivity contribution in [1.82, 2.24) is 4.90 Å². The number of anilines is 1. The van der Waals surface area contributed by atoms with Crippen LogP contribution in [-0.4, -0.2) is 32.0 Å². The van der Waals surface area contributed by atoms with Gasteiger partial charge in [-0.05, 0) is 53.6 Å². The summed E-state index contributed by atoms with van der Waals surface area (Å²) in [7, 11) is -3.34. The number of sulfonamides is 1. The maximum Gasteiger partial charge on any atom is 0.229 e. The van der Waals surface area contributed by atoms with Crippen molar-refractivity contribution < 1.29 is 13.2 Å². The minimum atomic E-state index is -3.34. The minimum absolute atomic E-state index is 0.174. The summed E-state index contributed by atoms with van der Waals surface area (Å²) in [6, 6.07) is 7.19. The van der Waals surface area contributed by atoms with E-state index in [9.17, 15) is 13.2 Å². The zero-order chi connectivity index (χ0) is 19.6. The largest absolute Gasteiger partial charge is 0.319 e. The third-order valence-electron chi connectivity index (χ3n) is 4.21. The molecule has 0 radical (unpaired) electrons. The highest BCUT2D eigenvalue weighted by molar-refractivity contribution is 7.92. The van der Waals surface area contributed by atoms with Crippen molar-refractivity contribution in [2.75, 3.05) is 17.5 Å². The molecule has 8 heteroatoms. The first-order valence-electron chi connectivity index (χ1n) is 8.63. The van der Waals surface area contributed by atoms with Crippen molar-refractivity contribution in [3.63, 3.8) is 0 Å². The first-order valence-corrected chi connectivity index (χ1v) is 11.8. The van der Waals surface area contributed by atoms with Crippen molar-refractivity contribution in [1.29, 1.82) is 0 Å². The van der Waals surface area contributed by atoms with Gasteiger partial charge in [-0.25, -0.2) is 8.42 Å². The van der Waals surface area contributed by atoms with Crippen LogP contribution < -0.4 is 4.72 Å². The molecule has 3 rings (SSSR count). The Hall–Kier alpha value is -1.83. The Labute approximate surface area is 168 Å². The van der Waals surface area contributed by atoms with E-state index < -0.39 is 10.0 Å². The van der Waals surface area contributed by atoms with Gasteiger partial charge in [-0.2, -0.15) is 0 Å². The number of nitrogens with zero attached hydrogens (tertiary/aromatic N) is 1. The number of amides is 1. The Morgan fingerprint density at radius 3 is 2.70 bits per heavy atom. The highest BCUT2D eigenvalue weighted by atomic mass is 35.5. The fourth-order valence-corrected chi connectivity index (χ4v) is 4.86. The quantitative estimate of drug-likeness (QED) is 0.723. The normalized spacial score (nSPS) is 15.0. The van der Waals surface area contributed by atoms with Gasteiger partial charge in [-0.15, -0.1) is 11.3 Å². The minimum Gasteiger partial charge on any atom is -0.319 e. The Bertz CT molecular complexity index is 996. The van der Waals surface area contributed by atoms with Crippen LogP contribution in [0.25, 0.3) is 16.0 Å². The number of carbonyl (C=O) groups is 1. The lowest BCUT2D eigenvalue weighted by atomic mass is 10.0. The molecule has 2 aromatic rings. The lowest BCUT2D eigenvalue weighted by molar-refractivity contribution is -0.128. The molecule has 5 nitrogen and oxygen atoms in total. The molecule has 1 amide bonds.